The quantitative estimate of drug-likeness (QED) is 0.162. The van der Waals surface area contributed by atoms with Gasteiger partial charge in [0.25, 0.3) is 10.1 Å². The molecule has 2 aromatic rings. The number of carbonyl (C=O) groups is 1. The summed E-state index contributed by atoms with van der Waals surface area (Å²) in [5.41, 5.74) is 6.26. The molecule has 3 aliphatic rings. The average molecular weight is 628 g/mol. The third-order valence-electron chi connectivity index (χ3n) is 8.39. The van der Waals surface area contributed by atoms with Crippen molar-refractivity contribution in [1.29, 1.82) is 0 Å². The van der Waals surface area contributed by atoms with Crippen LogP contribution >= 0.6 is 0 Å². The summed E-state index contributed by atoms with van der Waals surface area (Å²) < 4.78 is 29.8. The number of hydrogen-bond donors (Lipinski definition) is 2. The predicted molar refractivity (Wildman–Crippen MR) is 187 cm³/mol. The van der Waals surface area contributed by atoms with Crippen LogP contribution in [0.1, 0.15) is 58.9 Å². The molecule has 0 fully saturated rings. The maximum absolute atomic E-state index is 12.8. The van der Waals surface area contributed by atoms with Gasteiger partial charge in [-0.25, -0.2) is 4.98 Å². The Balaban J connectivity index is 0.000000323. The summed E-state index contributed by atoms with van der Waals surface area (Å²) in [7, 11) is -4.01. The van der Waals surface area contributed by atoms with E-state index in [1.165, 1.54) is 18.6 Å². The first kappa shape index (κ1) is 33.9. The highest BCUT2D eigenvalue weighted by Gasteiger charge is 2.40. The number of rotatable bonds is 11. The van der Waals surface area contributed by atoms with E-state index in [0.29, 0.717) is 6.42 Å². The Morgan fingerprint density at radius 1 is 0.956 bits per heavy atom. The summed E-state index contributed by atoms with van der Waals surface area (Å²) in [6, 6.07) is 24.7. The maximum atomic E-state index is 12.8. The van der Waals surface area contributed by atoms with E-state index in [0.717, 1.165) is 72.3 Å². The van der Waals surface area contributed by atoms with E-state index < -0.39 is 14.9 Å². The van der Waals surface area contributed by atoms with Crippen LogP contribution in [-0.2, 0) is 21.3 Å². The fraction of sp³-hybridized carbons (Fsp3) is 0.351. The van der Waals surface area contributed by atoms with Gasteiger partial charge in [-0.2, -0.15) is 8.42 Å². The van der Waals surface area contributed by atoms with Gasteiger partial charge in [0.2, 0.25) is 5.91 Å². The molecule has 2 N–H and O–H groups in total. The number of allylic oxidation sites excluding steroid dienone is 3. The lowest BCUT2D eigenvalue weighted by Gasteiger charge is -2.29. The first-order valence-corrected chi connectivity index (χ1v) is 17.3. The largest absolute Gasteiger partial charge is 0.370 e. The lowest BCUT2D eigenvalue weighted by molar-refractivity contribution is -0.116. The summed E-state index contributed by atoms with van der Waals surface area (Å²) in [4.78, 5) is 20.3. The standard InChI is InChI=1S/C29H33N3O.C8H12O3S/c1-3-20-32(21-4-2)26-19-18-25(28-23-15-9-6-10-16-24(23)31-29(26)28)30-27(33)17-11-14-22-12-7-5-8-13-22;1-7-5-3-4-6-8(7,2)12(9,10)11/h5-10,12-13,15-16,18-19H,3-4,11,14,17,20-21H2,1-2H3,(H,30,33);3-7H,1-2H3,(H,9,10,11). The number of anilines is 2. The lowest BCUT2D eigenvalue weighted by Crippen LogP contribution is -2.39. The Labute approximate surface area is 268 Å². The highest BCUT2D eigenvalue weighted by atomic mass is 32.2. The van der Waals surface area contributed by atoms with Crippen LogP contribution in [0, 0.1) is 5.92 Å². The van der Waals surface area contributed by atoms with Crippen molar-refractivity contribution in [2.24, 2.45) is 5.92 Å². The second kappa shape index (κ2) is 15.3. The molecule has 0 radical (unpaired) electrons. The fourth-order valence-electron chi connectivity index (χ4n) is 5.64. The number of hydrogen-bond acceptors (Lipinski definition) is 5. The summed E-state index contributed by atoms with van der Waals surface area (Å²) in [5, 5.41) is 4.23. The zero-order chi connectivity index (χ0) is 32.5. The van der Waals surface area contributed by atoms with Crippen LogP contribution in [0.25, 0.3) is 22.2 Å². The number of nitrogens with zero attached hydrogens (tertiary/aromatic N) is 2. The van der Waals surface area contributed by atoms with E-state index in [1.54, 1.807) is 25.2 Å². The van der Waals surface area contributed by atoms with Gasteiger partial charge in [-0.15, -0.1) is 0 Å². The predicted octanol–water partition coefficient (Wildman–Crippen LogP) is 8.32. The number of aryl methyl sites for hydroxylation is 1. The number of amides is 1. The number of nitrogens with one attached hydrogen (secondary N) is 1. The van der Waals surface area contributed by atoms with E-state index in [-0.39, 0.29) is 11.8 Å². The van der Waals surface area contributed by atoms with Crippen molar-refractivity contribution in [2.45, 2.75) is 64.5 Å². The molecule has 0 spiro atoms. The molecule has 0 saturated carbocycles. The number of carbonyl (C=O) groups excluding carboxylic acids is 1. The van der Waals surface area contributed by atoms with Gasteiger partial charge in [-0.3, -0.25) is 9.35 Å². The zero-order valence-corrected chi connectivity index (χ0v) is 27.6. The van der Waals surface area contributed by atoms with Crippen molar-refractivity contribution in [3.63, 3.8) is 0 Å². The number of benzene rings is 2. The van der Waals surface area contributed by atoms with Crippen molar-refractivity contribution >= 4 is 38.3 Å². The third-order valence-corrected chi connectivity index (χ3v) is 10.0. The molecule has 5 rings (SSSR count). The second-order valence-corrected chi connectivity index (χ2v) is 13.6. The Bertz CT molecular complexity index is 1710. The lowest BCUT2D eigenvalue weighted by atomic mass is 9.91. The van der Waals surface area contributed by atoms with Gasteiger partial charge < -0.3 is 10.2 Å². The maximum Gasteiger partial charge on any atom is 0.274 e. The van der Waals surface area contributed by atoms with Crippen LogP contribution in [0.3, 0.4) is 0 Å². The molecule has 2 unspecified atom stereocenters. The van der Waals surface area contributed by atoms with Crippen molar-refractivity contribution < 1.29 is 17.8 Å². The molecule has 8 heteroatoms. The Kier molecular flexibility index (Phi) is 11.5. The molecule has 238 valence electrons. The Hall–Kier alpha value is -4.01. The van der Waals surface area contributed by atoms with Crippen molar-refractivity contribution in [1.82, 2.24) is 4.98 Å². The Morgan fingerprint density at radius 2 is 1.62 bits per heavy atom. The molecule has 1 amide bonds. The SMILES string of the molecule is CC1C=CC=CC1(C)S(=O)(=O)O.CCCN(CCC)c1ccc(NC(=O)CCCc2ccccc2)c2c3cccccc-3nc12. The van der Waals surface area contributed by atoms with Crippen LogP contribution in [-0.4, -0.2) is 41.7 Å². The van der Waals surface area contributed by atoms with E-state index in [1.807, 2.05) is 36.4 Å². The first-order chi connectivity index (χ1) is 21.6. The van der Waals surface area contributed by atoms with E-state index in [9.17, 15) is 13.2 Å². The molecule has 1 aliphatic heterocycles. The molecule has 0 bridgehead atoms. The molecule has 45 heavy (non-hydrogen) atoms. The minimum absolute atomic E-state index is 0.0496. The van der Waals surface area contributed by atoms with E-state index in [2.05, 4.69) is 60.5 Å². The van der Waals surface area contributed by atoms with Gasteiger partial charge in [0.05, 0.1) is 22.6 Å². The summed E-state index contributed by atoms with van der Waals surface area (Å²) in [6.45, 7) is 9.66. The highest BCUT2D eigenvalue weighted by molar-refractivity contribution is 7.87. The third kappa shape index (κ3) is 8.18. The van der Waals surface area contributed by atoms with Gasteiger partial charge in [-0.05, 0) is 62.3 Å². The topological polar surface area (TPSA) is 99.6 Å². The minimum atomic E-state index is -4.01. The molecule has 2 atom stereocenters. The van der Waals surface area contributed by atoms with Crippen LogP contribution in [0.15, 0.2) is 97.1 Å². The summed E-state index contributed by atoms with van der Waals surface area (Å²) in [6.07, 6.45) is 11.1. The monoisotopic (exact) mass is 627 g/mol. The average Bonchev–Trinajstić information content (AvgIpc) is 3.22. The molecule has 7 nitrogen and oxygen atoms in total. The van der Waals surface area contributed by atoms with Crippen LogP contribution in [0.5, 0.6) is 0 Å². The van der Waals surface area contributed by atoms with Crippen LogP contribution in [0.2, 0.25) is 0 Å². The number of fused-ring (bicyclic) bond motifs is 3. The van der Waals surface area contributed by atoms with Gasteiger partial charge in [0, 0.05) is 30.5 Å². The second-order valence-electron chi connectivity index (χ2n) is 11.7. The molecular weight excluding hydrogens is 582 g/mol. The van der Waals surface area contributed by atoms with Gasteiger partial charge in [0.15, 0.2) is 0 Å². The molecule has 2 aliphatic carbocycles. The van der Waals surface area contributed by atoms with Gasteiger partial charge in [0.1, 0.15) is 4.75 Å². The molecule has 1 heterocycles. The molecular formula is C37H45N3O4S. The van der Waals surface area contributed by atoms with Crippen molar-refractivity contribution in [3.05, 3.63) is 103 Å². The Morgan fingerprint density at radius 3 is 2.24 bits per heavy atom. The van der Waals surface area contributed by atoms with Crippen LogP contribution < -0.4 is 10.2 Å². The van der Waals surface area contributed by atoms with Crippen molar-refractivity contribution in [3.8, 4) is 11.3 Å². The summed E-state index contributed by atoms with van der Waals surface area (Å²) in [5.74, 6) is -0.147. The number of aromatic nitrogens is 1. The molecule has 0 saturated heterocycles. The smallest absolute Gasteiger partial charge is 0.274 e. The van der Waals surface area contributed by atoms with E-state index in [4.69, 9.17) is 9.54 Å². The van der Waals surface area contributed by atoms with Gasteiger partial charge in [-0.1, -0.05) is 99.7 Å². The minimum Gasteiger partial charge on any atom is -0.370 e. The summed E-state index contributed by atoms with van der Waals surface area (Å²) >= 11 is 0. The molecule has 2 aromatic carbocycles. The first-order valence-electron chi connectivity index (χ1n) is 15.8. The molecule has 0 aromatic heterocycles. The van der Waals surface area contributed by atoms with Crippen molar-refractivity contribution in [2.75, 3.05) is 23.3 Å². The normalized spacial score (nSPS) is 17.6. The van der Waals surface area contributed by atoms with Crippen LogP contribution in [0.4, 0.5) is 11.4 Å². The van der Waals surface area contributed by atoms with Gasteiger partial charge >= 0.3 is 0 Å². The van der Waals surface area contributed by atoms with E-state index >= 15 is 0 Å². The highest BCUT2D eigenvalue weighted by Crippen LogP contribution is 2.40. The zero-order valence-electron chi connectivity index (χ0n) is 26.7. The fourth-order valence-corrected chi connectivity index (χ4v) is 6.44.